The molecule has 2 rings (SSSR count). The SMILES string of the molecule is Cc1nc(CNC(=O)NCCc2ccc(CO)cc2)no1. The summed E-state index contributed by atoms with van der Waals surface area (Å²) in [7, 11) is 0. The first kappa shape index (κ1) is 15.0. The van der Waals surface area contributed by atoms with Crippen LogP contribution in [-0.2, 0) is 19.6 Å². The molecule has 112 valence electrons. The number of benzene rings is 1. The highest BCUT2D eigenvalue weighted by Gasteiger charge is 2.04. The van der Waals surface area contributed by atoms with Gasteiger partial charge < -0.3 is 20.3 Å². The van der Waals surface area contributed by atoms with Gasteiger partial charge in [0.25, 0.3) is 0 Å². The van der Waals surface area contributed by atoms with Crippen LogP contribution < -0.4 is 10.6 Å². The predicted octanol–water partition coefficient (Wildman–Crippen LogP) is 0.912. The van der Waals surface area contributed by atoms with E-state index < -0.39 is 0 Å². The molecule has 0 aliphatic carbocycles. The zero-order valence-corrected chi connectivity index (χ0v) is 11.8. The minimum Gasteiger partial charge on any atom is -0.392 e. The number of hydrogen-bond acceptors (Lipinski definition) is 5. The number of aromatic nitrogens is 2. The molecule has 0 saturated carbocycles. The fraction of sp³-hybridized carbons (Fsp3) is 0.357. The molecule has 0 saturated heterocycles. The molecule has 0 aliphatic rings. The zero-order valence-electron chi connectivity index (χ0n) is 11.8. The van der Waals surface area contributed by atoms with Crippen LogP contribution in [0.3, 0.4) is 0 Å². The van der Waals surface area contributed by atoms with Crippen LogP contribution in [0.2, 0.25) is 0 Å². The van der Waals surface area contributed by atoms with Gasteiger partial charge in [0, 0.05) is 13.5 Å². The van der Waals surface area contributed by atoms with Crippen molar-refractivity contribution in [3.63, 3.8) is 0 Å². The summed E-state index contributed by atoms with van der Waals surface area (Å²) in [6.07, 6.45) is 0.723. The van der Waals surface area contributed by atoms with Crippen LogP contribution in [0.4, 0.5) is 4.79 Å². The van der Waals surface area contributed by atoms with Crippen LogP contribution in [0.25, 0.3) is 0 Å². The second kappa shape index (κ2) is 7.39. The molecule has 7 heteroatoms. The van der Waals surface area contributed by atoms with E-state index in [-0.39, 0.29) is 19.2 Å². The summed E-state index contributed by atoms with van der Waals surface area (Å²) < 4.78 is 4.80. The standard InChI is InChI=1S/C14H18N4O3/c1-10-17-13(18-21-10)8-16-14(20)15-7-6-11-2-4-12(9-19)5-3-11/h2-5,19H,6-9H2,1H3,(H2,15,16,20). The van der Waals surface area contributed by atoms with Crippen molar-refractivity contribution >= 4 is 6.03 Å². The minimum absolute atomic E-state index is 0.0382. The largest absolute Gasteiger partial charge is 0.392 e. The second-order valence-corrected chi connectivity index (χ2v) is 4.56. The Labute approximate surface area is 122 Å². The lowest BCUT2D eigenvalue weighted by Gasteiger charge is -2.06. The molecule has 0 unspecified atom stereocenters. The van der Waals surface area contributed by atoms with E-state index in [0.717, 1.165) is 17.5 Å². The maximum atomic E-state index is 11.6. The Bertz CT molecular complexity index is 580. The molecule has 2 aromatic rings. The quantitative estimate of drug-likeness (QED) is 0.734. The first-order chi connectivity index (χ1) is 10.2. The third kappa shape index (κ3) is 4.88. The van der Waals surface area contributed by atoms with E-state index in [9.17, 15) is 4.79 Å². The average molecular weight is 290 g/mol. The van der Waals surface area contributed by atoms with Crippen molar-refractivity contribution in [3.05, 3.63) is 47.1 Å². The maximum absolute atomic E-state index is 11.6. The number of aryl methyl sites for hydroxylation is 1. The fourth-order valence-electron chi connectivity index (χ4n) is 1.77. The van der Waals surface area contributed by atoms with Crippen molar-refractivity contribution in [2.45, 2.75) is 26.5 Å². The molecule has 0 bridgehead atoms. The van der Waals surface area contributed by atoms with E-state index >= 15 is 0 Å². The number of nitrogens with zero attached hydrogens (tertiary/aromatic N) is 2. The Morgan fingerprint density at radius 2 is 1.95 bits per heavy atom. The van der Waals surface area contributed by atoms with Gasteiger partial charge in [-0.25, -0.2) is 4.79 Å². The Morgan fingerprint density at radius 3 is 2.57 bits per heavy atom. The van der Waals surface area contributed by atoms with E-state index in [4.69, 9.17) is 9.63 Å². The van der Waals surface area contributed by atoms with Gasteiger partial charge in [0.05, 0.1) is 13.2 Å². The van der Waals surface area contributed by atoms with Gasteiger partial charge in [-0.2, -0.15) is 4.98 Å². The van der Waals surface area contributed by atoms with Crippen LogP contribution >= 0.6 is 0 Å². The zero-order chi connectivity index (χ0) is 15.1. The smallest absolute Gasteiger partial charge is 0.315 e. The number of aliphatic hydroxyl groups is 1. The van der Waals surface area contributed by atoms with Gasteiger partial charge in [0.2, 0.25) is 5.89 Å². The fourth-order valence-corrected chi connectivity index (χ4v) is 1.77. The summed E-state index contributed by atoms with van der Waals surface area (Å²) in [5.74, 6) is 0.917. The second-order valence-electron chi connectivity index (χ2n) is 4.56. The highest BCUT2D eigenvalue weighted by molar-refractivity contribution is 5.73. The van der Waals surface area contributed by atoms with Gasteiger partial charge in [0.15, 0.2) is 5.82 Å². The van der Waals surface area contributed by atoms with Gasteiger partial charge in [-0.1, -0.05) is 29.4 Å². The molecular formula is C14H18N4O3. The van der Waals surface area contributed by atoms with Crippen molar-refractivity contribution in [1.29, 1.82) is 0 Å². The summed E-state index contributed by atoms with van der Waals surface area (Å²) in [5, 5.41) is 18.0. The van der Waals surface area contributed by atoms with Crippen molar-refractivity contribution in [1.82, 2.24) is 20.8 Å². The van der Waals surface area contributed by atoms with Crippen LogP contribution in [0, 0.1) is 6.92 Å². The molecule has 1 aromatic heterocycles. The highest BCUT2D eigenvalue weighted by Crippen LogP contribution is 2.04. The topological polar surface area (TPSA) is 100 Å². The van der Waals surface area contributed by atoms with E-state index in [1.165, 1.54) is 0 Å². The van der Waals surface area contributed by atoms with Crippen LogP contribution in [0.5, 0.6) is 0 Å². The lowest BCUT2D eigenvalue weighted by molar-refractivity contribution is 0.240. The molecule has 0 aliphatic heterocycles. The molecular weight excluding hydrogens is 272 g/mol. The van der Waals surface area contributed by atoms with Gasteiger partial charge >= 0.3 is 6.03 Å². The highest BCUT2D eigenvalue weighted by atomic mass is 16.5. The molecule has 1 aromatic carbocycles. The first-order valence-corrected chi connectivity index (χ1v) is 6.67. The third-order valence-corrected chi connectivity index (χ3v) is 2.88. The maximum Gasteiger partial charge on any atom is 0.315 e. The lowest BCUT2D eigenvalue weighted by atomic mass is 10.1. The molecule has 7 nitrogen and oxygen atoms in total. The summed E-state index contributed by atoms with van der Waals surface area (Å²) in [5.41, 5.74) is 1.97. The summed E-state index contributed by atoms with van der Waals surface area (Å²) >= 11 is 0. The summed E-state index contributed by atoms with van der Waals surface area (Å²) in [6.45, 7) is 2.49. The number of carbonyl (C=O) groups excluding carboxylic acids is 1. The number of aliphatic hydroxyl groups excluding tert-OH is 1. The van der Waals surface area contributed by atoms with Crippen molar-refractivity contribution < 1.29 is 14.4 Å². The van der Waals surface area contributed by atoms with Gasteiger partial charge in [0.1, 0.15) is 0 Å². The van der Waals surface area contributed by atoms with Crippen LogP contribution in [0.15, 0.2) is 28.8 Å². The number of urea groups is 1. The normalized spacial score (nSPS) is 10.4. The molecule has 0 fully saturated rings. The lowest BCUT2D eigenvalue weighted by Crippen LogP contribution is -2.36. The van der Waals surface area contributed by atoms with Gasteiger partial charge in [-0.15, -0.1) is 0 Å². The number of carbonyl (C=O) groups is 1. The molecule has 0 radical (unpaired) electrons. The van der Waals surface area contributed by atoms with E-state index in [0.29, 0.717) is 18.3 Å². The van der Waals surface area contributed by atoms with Crippen molar-refractivity contribution in [2.75, 3.05) is 6.54 Å². The molecule has 3 N–H and O–H groups in total. The predicted molar refractivity (Wildman–Crippen MR) is 75.3 cm³/mol. The molecule has 1 heterocycles. The van der Waals surface area contributed by atoms with E-state index in [1.807, 2.05) is 24.3 Å². The molecule has 21 heavy (non-hydrogen) atoms. The van der Waals surface area contributed by atoms with Crippen LogP contribution in [0.1, 0.15) is 22.8 Å². The van der Waals surface area contributed by atoms with Crippen LogP contribution in [-0.4, -0.2) is 27.8 Å². The molecule has 2 amide bonds. The average Bonchev–Trinajstić information content (AvgIpc) is 2.91. The minimum atomic E-state index is -0.274. The summed E-state index contributed by atoms with van der Waals surface area (Å²) in [6, 6.07) is 7.34. The van der Waals surface area contributed by atoms with Crippen molar-refractivity contribution in [2.24, 2.45) is 0 Å². The number of hydrogen-bond donors (Lipinski definition) is 3. The first-order valence-electron chi connectivity index (χ1n) is 6.67. The Morgan fingerprint density at radius 1 is 1.24 bits per heavy atom. The van der Waals surface area contributed by atoms with E-state index in [1.54, 1.807) is 6.92 Å². The molecule has 0 spiro atoms. The number of nitrogens with one attached hydrogen (secondary N) is 2. The Hall–Kier alpha value is -2.41. The molecule has 0 atom stereocenters. The third-order valence-electron chi connectivity index (χ3n) is 2.88. The monoisotopic (exact) mass is 290 g/mol. The van der Waals surface area contributed by atoms with Crippen molar-refractivity contribution in [3.8, 4) is 0 Å². The summed E-state index contributed by atoms with van der Waals surface area (Å²) in [4.78, 5) is 15.6. The van der Waals surface area contributed by atoms with Gasteiger partial charge in [-0.05, 0) is 17.5 Å². The Kier molecular flexibility index (Phi) is 5.28. The van der Waals surface area contributed by atoms with Gasteiger partial charge in [-0.3, -0.25) is 0 Å². The van der Waals surface area contributed by atoms with E-state index in [2.05, 4.69) is 20.8 Å². The number of amides is 2. The Balaban J connectivity index is 1.66. The number of rotatable bonds is 6.